The highest BCUT2D eigenvalue weighted by Gasteiger charge is 2.34. The van der Waals surface area contributed by atoms with Crippen LogP contribution in [0.15, 0.2) is 0 Å². The standard InChI is InChI=1S/C14H24N6/c1-10-8-11(10)9-19(3)13-16-12(15-2)17-14(18-13)20-6-4-5-7-20/h10-11H,4-9H2,1-3H3,(H,15,16,17,18). The first-order valence-electron chi connectivity index (χ1n) is 7.57. The summed E-state index contributed by atoms with van der Waals surface area (Å²) in [6, 6.07) is 0. The minimum absolute atomic E-state index is 0.660. The third-order valence-electron chi connectivity index (χ3n) is 4.35. The zero-order valence-corrected chi connectivity index (χ0v) is 12.6. The van der Waals surface area contributed by atoms with Gasteiger partial charge in [-0.2, -0.15) is 15.0 Å². The predicted molar refractivity (Wildman–Crippen MR) is 81.4 cm³/mol. The third kappa shape index (κ3) is 2.78. The van der Waals surface area contributed by atoms with Gasteiger partial charge in [-0.25, -0.2) is 0 Å². The van der Waals surface area contributed by atoms with Crippen LogP contribution < -0.4 is 15.1 Å². The van der Waals surface area contributed by atoms with Crippen LogP contribution in [0.1, 0.15) is 26.2 Å². The maximum atomic E-state index is 4.66. The topological polar surface area (TPSA) is 57.2 Å². The number of nitrogens with zero attached hydrogens (tertiary/aromatic N) is 5. The summed E-state index contributed by atoms with van der Waals surface area (Å²) in [4.78, 5) is 18.1. The Morgan fingerprint density at radius 3 is 2.55 bits per heavy atom. The minimum atomic E-state index is 0.660. The summed E-state index contributed by atoms with van der Waals surface area (Å²) < 4.78 is 0. The molecule has 1 aromatic heterocycles. The first-order chi connectivity index (χ1) is 9.67. The van der Waals surface area contributed by atoms with Crippen molar-refractivity contribution in [2.24, 2.45) is 11.8 Å². The molecule has 0 radical (unpaired) electrons. The number of anilines is 3. The molecule has 6 heteroatoms. The average molecular weight is 276 g/mol. The molecule has 6 nitrogen and oxygen atoms in total. The molecular formula is C14H24N6. The van der Waals surface area contributed by atoms with Crippen molar-refractivity contribution in [2.45, 2.75) is 26.2 Å². The van der Waals surface area contributed by atoms with Gasteiger partial charge in [0.25, 0.3) is 0 Å². The second-order valence-electron chi connectivity index (χ2n) is 6.06. The van der Waals surface area contributed by atoms with Gasteiger partial charge in [-0.1, -0.05) is 6.92 Å². The van der Waals surface area contributed by atoms with Crippen LogP contribution in [0.5, 0.6) is 0 Å². The van der Waals surface area contributed by atoms with E-state index in [-0.39, 0.29) is 0 Å². The first kappa shape index (κ1) is 13.4. The van der Waals surface area contributed by atoms with Crippen molar-refractivity contribution in [3.05, 3.63) is 0 Å². The molecule has 2 heterocycles. The van der Waals surface area contributed by atoms with E-state index in [0.717, 1.165) is 43.4 Å². The number of nitrogens with one attached hydrogen (secondary N) is 1. The van der Waals surface area contributed by atoms with E-state index in [1.807, 2.05) is 7.05 Å². The number of aromatic nitrogens is 3. The smallest absolute Gasteiger partial charge is 0.231 e. The largest absolute Gasteiger partial charge is 0.357 e. The van der Waals surface area contributed by atoms with E-state index < -0.39 is 0 Å². The number of hydrogen-bond acceptors (Lipinski definition) is 6. The van der Waals surface area contributed by atoms with Crippen LogP contribution in [-0.4, -0.2) is 48.7 Å². The van der Waals surface area contributed by atoms with E-state index in [1.54, 1.807) is 0 Å². The first-order valence-corrected chi connectivity index (χ1v) is 7.57. The van der Waals surface area contributed by atoms with Gasteiger partial charge in [0.15, 0.2) is 0 Å². The number of rotatable bonds is 5. The van der Waals surface area contributed by atoms with Crippen molar-refractivity contribution in [3.63, 3.8) is 0 Å². The molecule has 1 saturated heterocycles. The molecule has 0 spiro atoms. The summed E-state index contributed by atoms with van der Waals surface area (Å²) in [7, 11) is 3.93. The second-order valence-corrected chi connectivity index (χ2v) is 6.06. The maximum Gasteiger partial charge on any atom is 0.231 e. The third-order valence-corrected chi connectivity index (χ3v) is 4.35. The Morgan fingerprint density at radius 1 is 1.25 bits per heavy atom. The summed E-state index contributed by atoms with van der Waals surface area (Å²) in [6.07, 6.45) is 3.78. The average Bonchev–Trinajstić information content (AvgIpc) is 2.96. The van der Waals surface area contributed by atoms with Gasteiger partial charge in [-0.15, -0.1) is 0 Å². The fourth-order valence-corrected chi connectivity index (χ4v) is 2.78. The van der Waals surface area contributed by atoms with Crippen LogP contribution in [-0.2, 0) is 0 Å². The summed E-state index contributed by atoms with van der Waals surface area (Å²) in [5, 5.41) is 3.05. The van der Waals surface area contributed by atoms with Gasteiger partial charge in [0.05, 0.1) is 0 Å². The van der Waals surface area contributed by atoms with Crippen molar-refractivity contribution in [1.29, 1.82) is 0 Å². The monoisotopic (exact) mass is 276 g/mol. The predicted octanol–water partition coefficient (Wildman–Crippen LogP) is 1.61. The highest BCUT2D eigenvalue weighted by Crippen LogP contribution is 2.38. The van der Waals surface area contributed by atoms with E-state index >= 15 is 0 Å². The Hall–Kier alpha value is -1.59. The quantitative estimate of drug-likeness (QED) is 0.881. The van der Waals surface area contributed by atoms with Crippen molar-refractivity contribution in [3.8, 4) is 0 Å². The Labute approximate surface area is 120 Å². The highest BCUT2D eigenvalue weighted by molar-refractivity contribution is 5.45. The molecule has 2 atom stereocenters. The van der Waals surface area contributed by atoms with E-state index in [1.165, 1.54) is 19.3 Å². The van der Waals surface area contributed by atoms with Crippen LogP contribution >= 0.6 is 0 Å². The zero-order valence-electron chi connectivity index (χ0n) is 12.6. The van der Waals surface area contributed by atoms with Gasteiger partial charge in [-0.3, -0.25) is 0 Å². The molecule has 2 fully saturated rings. The lowest BCUT2D eigenvalue weighted by atomic mass is 10.3. The molecule has 3 rings (SSSR count). The number of hydrogen-bond donors (Lipinski definition) is 1. The normalized spacial score (nSPS) is 24.9. The Morgan fingerprint density at radius 2 is 1.95 bits per heavy atom. The SMILES string of the molecule is CNc1nc(N(C)CC2CC2C)nc(N2CCCC2)n1. The van der Waals surface area contributed by atoms with Crippen molar-refractivity contribution >= 4 is 17.8 Å². The molecule has 2 aliphatic rings. The minimum Gasteiger partial charge on any atom is -0.357 e. The van der Waals surface area contributed by atoms with Gasteiger partial charge in [0.1, 0.15) is 0 Å². The van der Waals surface area contributed by atoms with Crippen LogP contribution in [0.3, 0.4) is 0 Å². The molecule has 1 N–H and O–H groups in total. The van der Waals surface area contributed by atoms with E-state index in [4.69, 9.17) is 0 Å². The lowest BCUT2D eigenvalue weighted by Gasteiger charge is -2.21. The fraction of sp³-hybridized carbons (Fsp3) is 0.786. The molecule has 1 aliphatic heterocycles. The lowest BCUT2D eigenvalue weighted by Crippen LogP contribution is -2.26. The van der Waals surface area contributed by atoms with Crippen LogP contribution in [0, 0.1) is 11.8 Å². The van der Waals surface area contributed by atoms with Gasteiger partial charge in [-0.05, 0) is 31.1 Å². The molecular weight excluding hydrogens is 252 g/mol. The Kier molecular flexibility index (Phi) is 3.63. The van der Waals surface area contributed by atoms with Crippen molar-refractivity contribution < 1.29 is 0 Å². The molecule has 110 valence electrons. The molecule has 1 saturated carbocycles. The highest BCUT2D eigenvalue weighted by atomic mass is 15.4. The molecule has 1 aromatic rings. The second kappa shape index (κ2) is 5.42. The van der Waals surface area contributed by atoms with E-state index in [0.29, 0.717) is 5.95 Å². The molecule has 0 amide bonds. The summed E-state index contributed by atoms with van der Waals surface area (Å²) in [5.41, 5.74) is 0. The maximum absolute atomic E-state index is 4.66. The van der Waals surface area contributed by atoms with Crippen LogP contribution in [0.25, 0.3) is 0 Å². The molecule has 20 heavy (non-hydrogen) atoms. The van der Waals surface area contributed by atoms with Crippen LogP contribution in [0.2, 0.25) is 0 Å². The summed E-state index contributed by atoms with van der Waals surface area (Å²) in [5.74, 6) is 3.90. The van der Waals surface area contributed by atoms with E-state index in [2.05, 4.69) is 44.0 Å². The Bertz CT molecular complexity index is 471. The Balaban J connectivity index is 1.79. The van der Waals surface area contributed by atoms with Crippen molar-refractivity contribution in [1.82, 2.24) is 15.0 Å². The summed E-state index contributed by atoms with van der Waals surface area (Å²) in [6.45, 7) is 5.44. The van der Waals surface area contributed by atoms with Gasteiger partial charge in [0.2, 0.25) is 17.8 Å². The van der Waals surface area contributed by atoms with Crippen LogP contribution in [0.4, 0.5) is 17.8 Å². The summed E-state index contributed by atoms with van der Waals surface area (Å²) >= 11 is 0. The molecule has 0 aromatic carbocycles. The van der Waals surface area contributed by atoms with Crippen molar-refractivity contribution in [2.75, 3.05) is 48.8 Å². The zero-order chi connectivity index (χ0) is 14.1. The molecule has 0 bridgehead atoms. The van der Waals surface area contributed by atoms with E-state index in [9.17, 15) is 0 Å². The molecule has 1 aliphatic carbocycles. The lowest BCUT2D eigenvalue weighted by molar-refractivity contribution is 0.708. The van der Waals surface area contributed by atoms with Gasteiger partial charge in [0, 0.05) is 33.7 Å². The van der Waals surface area contributed by atoms with Gasteiger partial charge < -0.3 is 15.1 Å². The molecule has 2 unspecified atom stereocenters. The van der Waals surface area contributed by atoms with Gasteiger partial charge >= 0.3 is 0 Å². The fourth-order valence-electron chi connectivity index (χ4n) is 2.78.